The minimum Gasteiger partial charge on any atom is -0.493 e. The molecule has 5 aromatic carbocycles. The van der Waals surface area contributed by atoms with Crippen LogP contribution in [0.3, 0.4) is 0 Å². The summed E-state index contributed by atoms with van der Waals surface area (Å²) in [5, 5.41) is 8.69. The predicted octanol–water partition coefficient (Wildman–Crippen LogP) is 13.0. The Bertz CT molecular complexity index is 4130. The van der Waals surface area contributed by atoms with Crippen LogP contribution in [-0.4, -0.2) is 158 Å². The second kappa shape index (κ2) is 40.6. The van der Waals surface area contributed by atoms with Crippen molar-refractivity contribution in [1.29, 1.82) is 0 Å². The third kappa shape index (κ3) is 21.6. The first-order valence-electron chi connectivity index (χ1n) is 36.5. The molecule has 7 heterocycles. The van der Waals surface area contributed by atoms with Crippen LogP contribution < -0.4 is 35.2 Å². The van der Waals surface area contributed by atoms with Crippen molar-refractivity contribution in [2.24, 2.45) is 7.05 Å². The maximum absolute atomic E-state index is 14.2. The summed E-state index contributed by atoms with van der Waals surface area (Å²) in [4.78, 5) is 133. The van der Waals surface area contributed by atoms with E-state index in [4.69, 9.17) is 57.1 Å². The molecule has 4 unspecified atom stereocenters. The van der Waals surface area contributed by atoms with Crippen LogP contribution in [0.1, 0.15) is 151 Å². The molecule has 0 bridgehead atoms. The van der Waals surface area contributed by atoms with E-state index in [1.807, 2.05) is 85.3 Å². The molecule has 6 aliphatic rings. The van der Waals surface area contributed by atoms with Gasteiger partial charge in [0.25, 0.3) is 17.7 Å². The van der Waals surface area contributed by atoms with Gasteiger partial charge in [0.2, 0.25) is 11.8 Å². The Kier molecular flexibility index (Phi) is 30.5. The Labute approximate surface area is 627 Å². The monoisotopic (exact) mass is 1480 g/mol. The Morgan fingerprint density at radius 2 is 0.972 bits per heavy atom. The molecule has 0 radical (unpaired) electrons. The largest absolute Gasteiger partial charge is 0.493 e. The van der Waals surface area contributed by atoms with E-state index in [9.17, 15) is 33.6 Å². The molecule has 108 heavy (non-hydrogen) atoms. The number of aryl methyl sites for hydroxylation is 4. The maximum atomic E-state index is 14.2. The molecule has 4 saturated heterocycles. The lowest BCUT2D eigenvalue weighted by Crippen LogP contribution is -2.57. The van der Waals surface area contributed by atoms with Gasteiger partial charge in [0, 0.05) is 92.8 Å². The van der Waals surface area contributed by atoms with Crippen molar-refractivity contribution in [3.05, 3.63) is 174 Å². The van der Waals surface area contributed by atoms with Gasteiger partial charge in [-0.15, -0.1) is 0 Å². The summed E-state index contributed by atoms with van der Waals surface area (Å²) in [6, 6.07) is 32.0. The van der Waals surface area contributed by atoms with Gasteiger partial charge in [-0.1, -0.05) is 55.6 Å². The van der Waals surface area contributed by atoms with Crippen molar-refractivity contribution >= 4 is 82.5 Å². The number of benzene rings is 5. The molecule has 6 aromatic rings. The Balaban J connectivity index is 0.000000242. The van der Waals surface area contributed by atoms with Crippen molar-refractivity contribution in [3.8, 4) is 22.6 Å². The van der Waals surface area contributed by atoms with E-state index in [0.717, 1.165) is 73.7 Å². The molecule has 572 valence electrons. The fourth-order valence-corrected chi connectivity index (χ4v) is 13.7. The molecule has 3 N–H and O–H groups in total. The normalized spacial score (nSPS) is 19.1. The van der Waals surface area contributed by atoms with Crippen molar-refractivity contribution in [3.63, 3.8) is 0 Å². The van der Waals surface area contributed by atoms with E-state index in [2.05, 4.69) is 52.9 Å². The Morgan fingerprint density at radius 3 is 1.40 bits per heavy atom. The third-order valence-electron chi connectivity index (χ3n) is 19.1. The lowest BCUT2D eigenvalue weighted by atomic mass is 10.00. The zero-order valence-corrected chi connectivity index (χ0v) is 61.5. The van der Waals surface area contributed by atoms with Gasteiger partial charge in [-0.3, -0.25) is 24.0 Å². The smallest absolute Gasteiger partial charge is 0.416 e. The number of carbonyl (C=O) groups is 7. The first-order chi connectivity index (χ1) is 52.4. The lowest BCUT2D eigenvalue weighted by Gasteiger charge is -2.42. The number of hydrogen-bond donors (Lipinski definition) is 3. The van der Waals surface area contributed by atoms with Gasteiger partial charge in [-0.25, -0.2) is 19.4 Å². The highest BCUT2D eigenvalue weighted by atomic mass is 16.7. The maximum Gasteiger partial charge on any atom is 0.416 e. The van der Waals surface area contributed by atoms with Crippen molar-refractivity contribution in [1.82, 2.24) is 14.4 Å². The summed E-state index contributed by atoms with van der Waals surface area (Å²) in [5.74, 6) is 0.106. The van der Waals surface area contributed by atoms with E-state index in [1.165, 1.54) is 27.6 Å². The highest BCUT2D eigenvalue weighted by molar-refractivity contribution is 6.07. The van der Waals surface area contributed by atoms with Gasteiger partial charge in [0.05, 0.1) is 47.8 Å². The van der Waals surface area contributed by atoms with Gasteiger partial charge in [-0.05, 0) is 200 Å². The highest BCUT2D eigenvalue weighted by Gasteiger charge is 2.49. The average molecular weight is 1480 g/mol. The number of anilines is 5. The highest BCUT2D eigenvalue weighted by Crippen LogP contribution is 2.43. The summed E-state index contributed by atoms with van der Waals surface area (Å²) in [7, 11) is 2.01. The second-order valence-corrected chi connectivity index (χ2v) is 26.6. The number of ether oxygens (including phenoxy) is 8. The standard InChI is InChI=1S/C46H53N5O8.C33H41N3O7.2CO2/c1-5-23-58-46(55)51-39-28-40(30(2)26-37(39)44(54)50-22-8-6-11-38(50)45(51)59-42-13-7-9-24-57-42)56-25-10-12-41(52)47-35-20-16-33(17-21-35)43(53)48-36-18-14-32(15-19-36)34-27-31(3)49(4)29-34;1-3-18-42-33(39)36-27-22-28(40-20-11-15-29(37)34-24-12-5-4-6-13-24)23(2)21-25(27)31(38)35-17-9-7-14-26(35)32(36)43-30-16-8-10-19-41-30;2*2-1-3/h5,14-21,26-29,38,42,45H,1,6-13,22-25H2,2-4H3,(H,47,52)(H,48,53);3-6,12-13,21-22,26,30,32H,1,7-11,14-20H2,2H3,(H,34,37);;/t38-,42?,45?;26-,30?,32?;;/m00../s1. The number of nitrogens with zero attached hydrogens (tertiary/aromatic N) is 5. The van der Waals surface area contributed by atoms with E-state index in [-0.39, 0.29) is 87.1 Å². The predicted molar refractivity (Wildman–Crippen MR) is 398 cm³/mol. The third-order valence-corrected chi connectivity index (χ3v) is 19.1. The van der Waals surface area contributed by atoms with Gasteiger partial charge in [-0.2, -0.15) is 19.2 Å². The minimum atomic E-state index is -0.842. The van der Waals surface area contributed by atoms with E-state index in [1.54, 1.807) is 48.5 Å². The van der Waals surface area contributed by atoms with Crippen molar-refractivity contribution in [2.45, 2.75) is 161 Å². The Morgan fingerprint density at radius 1 is 0.537 bits per heavy atom. The molecule has 0 saturated carbocycles. The first kappa shape index (κ1) is 81.0. The molecule has 6 aliphatic heterocycles. The van der Waals surface area contributed by atoms with Crippen LogP contribution in [-0.2, 0) is 64.2 Å². The van der Waals surface area contributed by atoms with Crippen LogP contribution in [0.2, 0.25) is 0 Å². The summed E-state index contributed by atoms with van der Waals surface area (Å²) in [6.07, 6.45) is 13.1. The van der Waals surface area contributed by atoms with Crippen LogP contribution in [0.5, 0.6) is 11.5 Å². The summed E-state index contributed by atoms with van der Waals surface area (Å²) >= 11 is 0. The molecule has 27 nitrogen and oxygen atoms in total. The number of aromatic nitrogens is 1. The molecule has 7 amide bonds. The summed E-state index contributed by atoms with van der Waals surface area (Å²) in [6.45, 7) is 15.9. The van der Waals surface area contributed by atoms with Crippen molar-refractivity contribution < 1.29 is 90.6 Å². The molecule has 0 aliphatic carbocycles. The van der Waals surface area contributed by atoms with E-state index >= 15 is 0 Å². The number of amides is 7. The van der Waals surface area contributed by atoms with E-state index < -0.39 is 43.3 Å². The number of para-hydroxylation sites is 1. The second-order valence-electron chi connectivity index (χ2n) is 26.6. The number of rotatable bonds is 23. The van der Waals surface area contributed by atoms with Crippen molar-refractivity contribution in [2.75, 3.05) is 78.5 Å². The van der Waals surface area contributed by atoms with Gasteiger partial charge >= 0.3 is 24.5 Å². The molecular weight excluding hydrogens is 1390 g/mol. The molecule has 6 atom stereocenters. The van der Waals surface area contributed by atoms with Crippen LogP contribution in [0.4, 0.5) is 38.0 Å². The fraction of sp³-hybridized carbons (Fsp3) is 0.420. The minimum absolute atomic E-state index is 0.0129. The van der Waals surface area contributed by atoms with Crippen LogP contribution in [0.25, 0.3) is 11.1 Å². The molecular formula is C81H94N8O19. The summed E-state index contributed by atoms with van der Waals surface area (Å²) in [5.41, 5.74) is 8.74. The molecule has 1 aromatic heterocycles. The zero-order chi connectivity index (χ0) is 77.1. The SMILES string of the molecule is C=CCOC(=O)N1c2cc(OCCCC(=O)Nc3ccc(C(=O)Nc4ccc(-c5cc(C)n(C)c5)cc4)cc3)c(C)cc2C(=O)N2CCCC[C@H]2C1OC1CCCCO1.C=CCOC(=O)N1c2cc(OCCCC(=O)Nc3ccccc3)c(C)cc2C(=O)N2CCCC[C@H]2C1OC1CCCCO1.O=C=O.O=C=O. The number of fused-ring (bicyclic) bond motifs is 4. The van der Waals surface area contributed by atoms with Crippen LogP contribution >= 0.6 is 0 Å². The number of piperidine rings is 2. The quantitative estimate of drug-likeness (QED) is 0.0396. The number of carbonyl (C=O) groups excluding carboxylic acids is 11. The lowest BCUT2D eigenvalue weighted by molar-refractivity contribution is -0.199. The van der Waals surface area contributed by atoms with Gasteiger partial charge in [0.15, 0.2) is 25.0 Å². The van der Waals surface area contributed by atoms with Gasteiger partial charge in [0.1, 0.15) is 24.7 Å². The molecule has 12 rings (SSSR count). The Hall–Kier alpha value is -11.1. The average Bonchev–Trinajstić information content (AvgIpc) is 1.59. The van der Waals surface area contributed by atoms with Crippen LogP contribution in [0.15, 0.2) is 141 Å². The number of hydrogen-bond acceptors (Lipinski definition) is 19. The molecule has 0 spiro atoms. The van der Waals surface area contributed by atoms with E-state index in [0.29, 0.717) is 121 Å². The molecule has 4 fully saturated rings. The van der Waals surface area contributed by atoms with Gasteiger partial charge < -0.3 is 68.2 Å². The summed E-state index contributed by atoms with van der Waals surface area (Å²) < 4.78 is 50.5. The topological polar surface area (TPSA) is 316 Å². The zero-order valence-electron chi connectivity index (χ0n) is 61.5. The van der Waals surface area contributed by atoms with Crippen LogP contribution in [0, 0.1) is 20.8 Å². The first-order valence-corrected chi connectivity index (χ1v) is 36.5. The fourth-order valence-electron chi connectivity index (χ4n) is 13.7. The molecule has 27 heteroatoms. The number of nitrogens with one attached hydrogen (secondary N) is 3.